The highest BCUT2D eigenvalue weighted by Gasteiger charge is 2.40. The van der Waals surface area contributed by atoms with Crippen molar-refractivity contribution in [2.75, 3.05) is 10.2 Å². The van der Waals surface area contributed by atoms with E-state index >= 15 is 0 Å². The lowest BCUT2D eigenvalue weighted by Gasteiger charge is -2.17. The van der Waals surface area contributed by atoms with Crippen LogP contribution < -0.4 is 10.2 Å². The van der Waals surface area contributed by atoms with Gasteiger partial charge in [-0.3, -0.25) is 9.59 Å². The number of nitrogens with zero attached hydrogens (tertiary/aromatic N) is 1. The van der Waals surface area contributed by atoms with Gasteiger partial charge in [0.15, 0.2) is 0 Å². The number of anilines is 2. The maximum absolute atomic E-state index is 13.2. The van der Waals surface area contributed by atoms with Gasteiger partial charge in [-0.25, -0.2) is 9.29 Å². The third-order valence-electron chi connectivity index (χ3n) is 3.41. The number of carbonyl (C=O) groups excluding carboxylic acids is 2. The molecule has 0 bridgehead atoms. The number of nitrogens with one attached hydrogen (secondary N) is 1. The molecule has 1 aliphatic rings. The third kappa shape index (κ3) is 2.67. The number of hydrogen-bond donors (Lipinski definition) is 1. The van der Waals surface area contributed by atoms with Crippen LogP contribution in [0.15, 0.2) is 48.5 Å². The fourth-order valence-corrected chi connectivity index (χ4v) is 2.63. The monoisotopic (exact) mass is 318 g/mol. The zero-order chi connectivity index (χ0) is 15.7. The molecule has 3 rings (SSSR count). The number of imide groups is 1. The Morgan fingerprint density at radius 3 is 2.64 bits per heavy atom. The molecular formula is C16H12ClFN2O2. The van der Waals surface area contributed by atoms with Gasteiger partial charge in [0.05, 0.1) is 17.1 Å². The predicted molar refractivity (Wildman–Crippen MR) is 82.4 cm³/mol. The molecule has 6 heteroatoms. The minimum atomic E-state index is -0.731. The van der Waals surface area contributed by atoms with Crippen molar-refractivity contribution in [1.29, 1.82) is 0 Å². The van der Waals surface area contributed by atoms with Crippen LogP contribution in [0.5, 0.6) is 0 Å². The van der Waals surface area contributed by atoms with E-state index in [9.17, 15) is 14.0 Å². The first-order valence-corrected chi connectivity index (χ1v) is 7.07. The minimum Gasteiger partial charge on any atom is -0.373 e. The highest BCUT2D eigenvalue weighted by Crippen LogP contribution is 2.30. The molecule has 1 aliphatic heterocycles. The van der Waals surface area contributed by atoms with E-state index < -0.39 is 17.8 Å². The molecule has 112 valence electrons. The molecule has 0 aliphatic carbocycles. The Kier molecular flexibility index (Phi) is 3.81. The molecule has 1 fully saturated rings. The summed E-state index contributed by atoms with van der Waals surface area (Å²) in [4.78, 5) is 25.7. The number of hydrogen-bond acceptors (Lipinski definition) is 3. The van der Waals surface area contributed by atoms with Crippen LogP contribution in [0.3, 0.4) is 0 Å². The Bertz CT molecular complexity index is 750. The van der Waals surface area contributed by atoms with Crippen LogP contribution in [0.2, 0.25) is 5.02 Å². The summed E-state index contributed by atoms with van der Waals surface area (Å²) in [6, 6.07) is 11.7. The minimum absolute atomic E-state index is 0.000565. The fourth-order valence-electron chi connectivity index (χ4n) is 2.41. The van der Waals surface area contributed by atoms with Crippen molar-refractivity contribution in [2.24, 2.45) is 0 Å². The molecule has 1 heterocycles. The normalized spacial score (nSPS) is 17.9. The molecule has 0 aromatic heterocycles. The molecule has 2 amide bonds. The van der Waals surface area contributed by atoms with E-state index in [1.54, 1.807) is 30.3 Å². The highest BCUT2D eigenvalue weighted by atomic mass is 35.5. The highest BCUT2D eigenvalue weighted by molar-refractivity contribution is 6.36. The number of carbonyl (C=O) groups is 2. The SMILES string of the molecule is O=C1C[C@H](Nc2cccc(F)c2)C(=O)N1c1ccccc1Cl. The number of amides is 2. The van der Waals surface area contributed by atoms with Gasteiger partial charge in [-0.1, -0.05) is 29.8 Å². The van der Waals surface area contributed by atoms with Gasteiger partial charge in [0.2, 0.25) is 5.91 Å². The predicted octanol–water partition coefficient (Wildman–Crippen LogP) is 3.22. The molecule has 22 heavy (non-hydrogen) atoms. The van der Waals surface area contributed by atoms with Crippen LogP contribution in [0, 0.1) is 5.82 Å². The van der Waals surface area contributed by atoms with Gasteiger partial charge >= 0.3 is 0 Å². The molecule has 0 unspecified atom stereocenters. The first-order chi connectivity index (χ1) is 10.6. The number of halogens is 2. The van der Waals surface area contributed by atoms with Gasteiger partial charge < -0.3 is 5.32 Å². The fraction of sp³-hybridized carbons (Fsp3) is 0.125. The average Bonchev–Trinajstić information content (AvgIpc) is 2.74. The summed E-state index contributed by atoms with van der Waals surface area (Å²) in [5.41, 5.74) is 0.815. The maximum Gasteiger partial charge on any atom is 0.256 e. The van der Waals surface area contributed by atoms with Gasteiger partial charge in [-0.2, -0.15) is 0 Å². The van der Waals surface area contributed by atoms with Crippen molar-refractivity contribution in [1.82, 2.24) is 0 Å². The molecule has 0 saturated carbocycles. The van der Waals surface area contributed by atoms with Crippen molar-refractivity contribution < 1.29 is 14.0 Å². The third-order valence-corrected chi connectivity index (χ3v) is 3.73. The molecular weight excluding hydrogens is 307 g/mol. The quantitative estimate of drug-likeness (QED) is 0.884. The van der Waals surface area contributed by atoms with Crippen LogP contribution in [0.4, 0.5) is 15.8 Å². The molecule has 2 aromatic rings. The van der Waals surface area contributed by atoms with Gasteiger partial charge in [-0.05, 0) is 30.3 Å². The molecule has 0 spiro atoms. The van der Waals surface area contributed by atoms with Gasteiger partial charge in [0.1, 0.15) is 11.9 Å². The van der Waals surface area contributed by atoms with Crippen molar-refractivity contribution in [3.05, 3.63) is 59.4 Å². The van der Waals surface area contributed by atoms with Crippen LogP contribution in [-0.4, -0.2) is 17.9 Å². The summed E-state index contributed by atoms with van der Waals surface area (Å²) in [7, 11) is 0. The van der Waals surface area contributed by atoms with Gasteiger partial charge in [0.25, 0.3) is 5.91 Å². The van der Waals surface area contributed by atoms with E-state index in [-0.39, 0.29) is 12.3 Å². The summed E-state index contributed by atoms with van der Waals surface area (Å²) in [5.74, 6) is -1.15. The molecule has 2 aromatic carbocycles. The van der Waals surface area contributed by atoms with E-state index in [0.29, 0.717) is 16.4 Å². The second-order valence-electron chi connectivity index (χ2n) is 4.93. The number of para-hydroxylation sites is 1. The van der Waals surface area contributed by atoms with Crippen molar-refractivity contribution in [3.63, 3.8) is 0 Å². The van der Waals surface area contributed by atoms with E-state index in [4.69, 9.17) is 11.6 Å². The largest absolute Gasteiger partial charge is 0.373 e. The second-order valence-corrected chi connectivity index (χ2v) is 5.34. The molecule has 0 radical (unpaired) electrons. The first kappa shape index (κ1) is 14.5. The summed E-state index contributed by atoms with van der Waals surface area (Å²) < 4.78 is 13.2. The maximum atomic E-state index is 13.2. The van der Waals surface area contributed by atoms with Crippen LogP contribution >= 0.6 is 11.6 Å². The van der Waals surface area contributed by atoms with E-state index in [0.717, 1.165) is 4.90 Å². The standard InChI is InChI=1S/C16H12ClFN2O2/c17-12-6-1-2-7-14(12)20-15(21)9-13(16(20)22)19-11-5-3-4-10(18)8-11/h1-8,13,19H,9H2/t13-/m0/s1. The van der Waals surface area contributed by atoms with E-state index in [1.165, 1.54) is 18.2 Å². The zero-order valence-corrected chi connectivity index (χ0v) is 12.2. The first-order valence-electron chi connectivity index (χ1n) is 6.69. The number of rotatable bonds is 3. The lowest BCUT2D eigenvalue weighted by molar-refractivity contribution is -0.121. The molecule has 4 nitrogen and oxygen atoms in total. The van der Waals surface area contributed by atoms with Gasteiger partial charge in [-0.15, -0.1) is 0 Å². The Balaban J connectivity index is 1.84. The van der Waals surface area contributed by atoms with Crippen LogP contribution in [-0.2, 0) is 9.59 Å². The zero-order valence-electron chi connectivity index (χ0n) is 11.4. The van der Waals surface area contributed by atoms with E-state index in [1.807, 2.05) is 0 Å². The summed E-state index contributed by atoms with van der Waals surface area (Å²) in [6.45, 7) is 0. The van der Waals surface area contributed by atoms with Crippen LogP contribution in [0.1, 0.15) is 6.42 Å². The van der Waals surface area contributed by atoms with Gasteiger partial charge in [0, 0.05) is 5.69 Å². The summed E-state index contributed by atoms with van der Waals surface area (Å²) in [6.07, 6.45) is 0.000565. The Morgan fingerprint density at radius 2 is 1.91 bits per heavy atom. The van der Waals surface area contributed by atoms with Crippen molar-refractivity contribution in [3.8, 4) is 0 Å². The summed E-state index contributed by atoms with van der Waals surface area (Å²) in [5, 5.41) is 3.22. The molecule has 1 saturated heterocycles. The number of benzene rings is 2. The topological polar surface area (TPSA) is 49.4 Å². The smallest absolute Gasteiger partial charge is 0.256 e. The lowest BCUT2D eigenvalue weighted by atomic mass is 10.2. The molecule has 1 N–H and O–H groups in total. The van der Waals surface area contributed by atoms with Crippen LogP contribution in [0.25, 0.3) is 0 Å². The average molecular weight is 319 g/mol. The molecule has 1 atom stereocenters. The second kappa shape index (κ2) is 5.77. The Hall–Kier alpha value is -2.40. The van der Waals surface area contributed by atoms with E-state index in [2.05, 4.69) is 5.32 Å². The lowest BCUT2D eigenvalue weighted by Crippen LogP contribution is -2.35. The van der Waals surface area contributed by atoms with Crippen molar-refractivity contribution >= 4 is 34.8 Å². The van der Waals surface area contributed by atoms with Crippen molar-refractivity contribution in [2.45, 2.75) is 12.5 Å². The summed E-state index contributed by atoms with van der Waals surface area (Å²) >= 11 is 6.05. The Morgan fingerprint density at radius 1 is 1.14 bits per heavy atom. The Labute approximate surface area is 131 Å².